The van der Waals surface area contributed by atoms with Gasteiger partial charge in [-0.15, -0.1) is 6.42 Å². The Balaban J connectivity index is 2.09. The van der Waals surface area contributed by atoms with Crippen molar-refractivity contribution in [3.05, 3.63) is 89.5 Å². The van der Waals surface area contributed by atoms with Crippen LogP contribution in [0.1, 0.15) is 89.0 Å². The van der Waals surface area contributed by atoms with Gasteiger partial charge in [-0.3, -0.25) is 9.59 Å². The molecule has 0 heterocycles. The van der Waals surface area contributed by atoms with Gasteiger partial charge < -0.3 is 30.1 Å². The van der Waals surface area contributed by atoms with Crippen LogP contribution in [0.3, 0.4) is 0 Å². The maximum absolute atomic E-state index is 14.8. The first kappa shape index (κ1) is 37.5. The second kappa shape index (κ2) is 18.4. The predicted octanol–water partition coefficient (Wildman–Crippen LogP) is 7.39. The average Bonchev–Trinajstić information content (AvgIpc) is 3.05. The molecule has 3 N–H and O–H groups in total. The highest BCUT2D eigenvalue weighted by Gasteiger charge is 2.37. The first-order valence-corrected chi connectivity index (χ1v) is 16.5. The molecule has 0 radical (unpaired) electrons. The van der Waals surface area contributed by atoms with E-state index in [1.165, 1.54) is 17.0 Å². The second-order valence-corrected chi connectivity index (χ2v) is 12.7. The molecule has 9 heteroatoms. The normalized spacial score (nSPS) is 12.2. The number of phenols is 1. The van der Waals surface area contributed by atoms with Crippen molar-refractivity contribution in [1.82, 2.24) is 10.2 Å². The Morgan fingerprint density at radius 2 is 1.56 bits per heavy atom. The summed E-state index contributed by atoms with van der Waals surface area (Å²) >= 11 is 0. The number of nitrogens with zero attached hydrogens (tertiary/aromatic N) is 1. The summed E-state index contributed by atoms with van der Waals surface area (Å²) in [6.45, 7) is 7.62. The number of nitrogens with one attached hydrogen (secondary N) is 2. The van der Waals surface area contributed by atoms with Crippen molar-refractivity contribution in [1.29, 1.82) is 0 Å². The van der Waals surface area contributed by atoms with Crippen molar-refractivity contribution in [2.45, 2.75) is 90.3 Å². The molecule has 2 unspecified atom stereocenters. The largest absolute Gasteiger partial charge is 0.508 e. The zero-order chi connectivity index (χ0) is 35.1. The summed E-state index contributed by atoms with van der Waals surface area (Å²) in [6, 6.07) is 18.2. The summed E-state index contributed by atoms with van der Waals surface area (Å²) in [6.07, 6.45) is 11.1. The maximum atomic E-state index is 14.8. The van der Waals surface area contributed by atoms with E-state index in [0.717, 1.165) is 32.1 Å². The molecule has 0 aliphatic rings. The van der Waals surface area contributed by atoms with Crippen LogP contribution in [0, 0.1) is 12.3 Å². The number of unbranched alkanes of at least 4 members (excludes halogenated alkanes) is 5. The van der Waals surface area contributed by atoms with Crippen LogP contribution < -0.4 is 15.4 Å². The van der Waals surface area contributed by atoms with Crippen LogP contribution in [-0.2, 0) is 20.7 Å². The summed E-state index contributed by atoms with van der Waals surface area (Å²) in [5, 5.41) is 15.6. The van der Waals surface area contributed by atoms with E-state index in [1.54, 1.807) is 88.5 Å². The minimum atomic E-state index is -1.12. The minimum Gasteiger partial charge on any atom is -0.508 e. The molecule has 9 nitrogen and oxygen atoms in total. The lowest BCUT2D eigenvalue weighted by atomic mass is 9.96. The SMILES string of the molecule is C#Cc1ccccc1C(C(=O)Nc1ccc(OC)cc1)N(CCCCCCCC)C(=O)C(Cc1ccc(O)cc1)NC(=O)OC(C)(C)C. The fourth-order valence-electron chi connectivity index (χ4n) is 5.35. The lowest BCUT2D eigenvalue weighted by molar-refractivity contribution is -0.140. The van der Waals surface area contributed by atoms with E-state index < -0.39 is 35.6 Å². The zero-order valence-corrected chi connectivity index (χ0v) is 28.8. The van der Waals surface area contributed by atoms with Crippen molar-refractivity contribution in [2.75, 3.05) is 19.0 Å². The van der Waals surface area contributed by atoms with Crippen molar-refractivity contribution in [3.8, 4) is 23.8 Å². The monoisotopic (exact) mass is 655 g/mol. The number of rotatable bonds is 16. The average molecular weight is 656 g/mol. The molecule has 0 saturated carbocycles. The van der Waals surface area contributed by atoms with Crippen LogP contribution in [0.25, 0.3) is 0 Å². The van der Waals surface area contributed by atoms with Crippen molar-refractivity contribution in [3.63, 3.8) is 0 Å². The quantitative estimate of drug-likeness (QED) is 0.109. The first-order chi connectivity index (χ1) is 22.9. The molecule has 0 aliphatic heterocycles. The minimum absolute atomic E-state index is 0.0765. The number of carbonyl (C=O) groups is 3. The molecular weight excluding hydrogens is 606 g/mol. The molecule has 0 spiro atoms. The number of amides is 3. The Kier molecular flexibility index (Phi) is 14.4. The highest BCUT2D eigenvalue weighted by Crippen LogP contribution is 2.29. The van der Waals surface area contributed by atoms with Gasteiger partial charge in [0.1, 0.15) is 29.2 Å². The highest BCUT2D eigenvalue weighted by atomic mass is 16.6. The summed E-state index contributed by atoms with van der Waals surface area (Å²) in [7, 11) is 1.56. The Hall–Kier alpha value is -4.97. The Bertz CT molecular complexity index is 1520. The molecule has 0 fully saturated rings. The number of benzene rings is 3. The Morgan fingerprint density at radius 1 is 0.917 bits per heavy atom. The van der Waals surface area contributed by atoms with Gasteiger partial charge in [-0.1, -0.05) is 75.3 Å². The molecule has 256 valence electrons. The highest BCUT2D eigenvalue weighted by molar-refractivity contribution is 5.99. The van der Waals surface area contributed by atoms with E-state index in [2.05, 4.69) is 23.5 Å². The Morgan fingerprint density at radius 3 is 2.19 bits per heavy atom. The van der Waals surface area contributed by atoms with Crippen molar-refractivity contribution >= 4 is 23.6 Å². The van der Waals surface area contributed by atoms with Crippen LogP contribution in [-0.4, -0.2) is 53.2 Å². The third kappa shape index (κ3) is 11.7. The number of methoxy groups -OCH3 is 1. The molecule has 2 atom stereocenters. The summed E-state index contributed by atoms with van der Waals surface area (Å²) in [4.78, 5) is 43.8. The van der Waals surface area contributed by atoms with Gasteiger partial charge in [-0.2, -0.15) is 0 Å². The molecule has 0 bridgehead atoms. The Labute approximate surface area is 285 Å². The van der Waals surface area contributed by atoms with E-state index in [1.807, 2.05) is 0 Å². The number of phenolic OH excluding ortho intramolecular Hbond substituents is 1. The van der Waals surface area contributed by atoms with Crippen molar-refractivity contribution < 1.29 is 29.0 Å². The van der Waals surface area contributed by atoms with Crippen LogP contribution >= 0.6 is 0 Å². The van der Waals surface area contributed by atoms with Gasteiger partial charge >= 0.3 is 6.09 Å². The molecule has 3 amide bonds. The second-order valence-electron chi connectivity index (χ2n) is 12.7. The number of carbonyl (C=O) groups excluding carboxylic acids is 3. The summed E-state index contributed by atoms with van der Waals surface area (Å²) in [5.41, 5.74) is 1.38. The number of hydrogen-bond donors (Lipinski definition) is 3. The lowest BCUT2D eigenvalue weighted by Gasteiger charge is -2.35. The van der Waals surface area contributed by atoms with Crippen LogP contribution in [0.2, 0.25) is 0 Å². The summed E-state index contributed by atoms with van der Waals surface area (Å²) < 4.78 is 10.8. The maximum Gasteiger partial charge on any atom is 0.408 e. The van der Waals surface area contributed by atoms with E-state index in [-0.39, 0.29) is 18.7 Å². The van der Waals surface area contributed by atoms with Gasteiger partial charge in [-0.25, -0.2) is 4.79 Å². The number of ether oxygens (including phenoxy) is 2. The topological polar surface area (TPSA) is 117 Å². The fourth-order valence-corrected chi connectivity index (χ4v) is 5.35. The number of alkyl carbamates (subject to hydrolysis) is 1. The van der Waals surface area contributed by atoms with E-state index in [9.17, 15) is 19.5 Å². The van der Waals surface area contributed by atoms with Gasteiger partial charge in [0.05, 0.1) is 7.11 Å². The van der Waals surface area contributed by atoms with E-state index >= 15 is 0 Å². The number of terminal acetylenes is 1. The molecule has 3 rings (SSSR count). The zero-order valence-electron chi connectivity index (χ0n) is 28.8. The molecular formula is C39H49N3O6. The van der Waals surface area contributed by atoms with Crippen LogP contribution in [0.4, 0.5) is 10.5 Å². The van der Waals surface area contributed by atoms with Gasteiger partial charge in [0.15, 0.2) is 0 Å². The predicted molar refractivity (Wildman–Crippen MR) is 189 cm³/mol. The van der Waals surface area contributed by atoms with Gasteiger partial charge in [0, 0.05) is 24.2 Å². The fraction of sp³-hybridized carbons (Fsp3) is 0.410. The van der Waals surface area contributed by atoms with Crippen molar-refractivity contribution in [2.24, 2.45) is 0 Å². The van der Waals surface area contributed by atoms with Gasteiger partial charge in [-0.05, 0) is 80.8 Å². The third-order valence-electron chi connectivity index (χ3n) is 7.73. The smallest absolute Gasteiger partial charge is 0.408 e. The van der Waals surface area contributed by atoms with Crippen LogP contribution in [0.15, 0.2) is 72.8 Å². The molecule has 0 aromatic heterocycles. The van der Waals surface area contributed by atoms with Gasteiger partial charge in [0.2, 0.25) is 5.91 Å². The number of hydrogen-bond acceptors (Lipinski definition) is 6. The standard InChI is InChI=1S/C39H49N3O6/c1-7-9-10-11-12-15-26-42(37(45)34(41-38(46)48-39(3,4)5)27-28-18-22-31(43)23-19-28)35(33-17-14-13-16-29(33)8-2)36(44)40-30-20-24-32(47-6)25-21-30/h2,13-14,16-25,34-35,43H,7,9-12,15,26-27H2,1,3-6H3,(H,40,44)(H,41,46). The summed E-state index contributed by atoms with van der Waals surface area (Å²) in [5.74, 6) is 2.46. The molecule has 0 saturated heterocycles. The van der Waals surface area contributed by atoms with E-state index in [4.69, 9.17) is 15.9 Å². The molecule has 0 aliphatic carbocycles. The number of anilines is 1. The first-order valence-electron chi connectivity index (χ1n) is 16.5. The molecule has 3 aromatic carbocycles. The van der Waals surface area contributed by atoms with Crippen LogP contribution in [0.5, 0.6) is 11.5 Å². The van der Waals surface area contributed by atoms with Gasteiger partial charge in [0.25, 0.3) is 5.91 Å². The molecule has 3 aromatic rings. The molecule has 48 heavy (non-hydrogen) atoms. The number of aromatic hydroxyl groups is 1. The lowest BCUT2D eigenvalue weighted by Crippen LogP contribution is -2.53. The third-order valence-corrected chi connectivity index (χ3v) is 7.73. The van der Waals surface area contributed by atoms with E-state index in [0.29, 0.717) is 34.5 Å².